The van der Waals surface area contributed by atoms with Gasteiger partial charge in [0.25, 0.3) is 5.69 Å². The van der Waals surface area contributed by atoms with E-state index in [4.69, 9.17) is 4.52 Å². The second-order valence-electron chi connectivity index (χ2n) is 5.40. The molecule has 0 bridgehead atoms. The Balaban J connectivity index is 1.98. The van der Waals surface area contributed by atoms with Crippen LogP contribution in [0.2, 0.25) is 0 Å². The molecular formula is C14H15N3O5S. The van der Waals surface area contributed by atoms with Gasteiger partial charge in [0.1, 0.15) is 12.0 Å². The Morgan fingerprint density at radius 1 is 1.39 bits per heavy atom. The lowest BCUT2D eigenvalue weighted by molar-refractivity contribution is -0.385. The summed E-state index contributed by atoms with van der Waals surface area (Å²) >= 11 is 0. The topological polar surface area (TPSA) is 107 Å². The van der Waals surface area contributed by atoms with Crippen molar-refractivity contribution in [2.75, 3.05) is 6.54 Å². The third-order valence-electron chi connectivity index (χ3n) is 3.97. The molecule has 0 radical (unpaired) electrons. The molecule has 1 fully saturated rings. The van der Waals surface area contributed by atoms with E-state index in [9.17, 15) is 18.5 Å². The molecular weight excluding hydrogens is 322 g/mol. The minimum atomic E-state index is -3.75. The fourth-order valence-corrected chi connectivity index (χ4v) is 4.60. The van der Waals surface area contributed by atoms with Crippen LogP contribution in [0.1, 0.15) is 30.1 Å². The van der Waals surface area contributed by atoms with Crippen molar-refractivity contribution in [2.45, 2.75) is 30.7 Å². The van der Waals surface area contributed by atoms with Crippen LogP contribution >= 0.6 is 0 Å². The highest BCUT2D eigenvalue weighted by Crippen LogP contribution is 2.36. The van der Waals surface area contributed by atoms with Crippen molar-refractivity contribution in [1.82, 2.24) is 9.46 Å². The molecule has 1 aliphatic rings. The predicted octanol–water partition coefficient (Wildman–Crippen LogP) is 2.42. The first-order valence-corrected chi connectivity index (χ1v) is 8.52. The van der Waals surface area contributed by atoms with Crippen LogP contribution in [0.3, 0.4) is 0 Å². The molecule has 23 heavy (non-hydrogen) atoms. The van der Waals surface area contributed by atoms with Gasteiger partial charge in [-0.05, 0) is 31.9 Å². The zero-order valence-corrected chi connectivity index (χ0v) is 13.2. The maximum Gasteiger partial charge on any atom is 0.272 e. The molecule has 0 amide bonds. The molecule has 9 heteroatoms. The number of rotatable bonds is 4. The molecule has 1 aromatic carbocycles. The van der Waals surface area contributed by atoms with Crippen LogP contribution in [0.15, 0.2) is 39.9 Å². The van der Waals surface area contributed by atoms with Gasteiger partial charge >= 0.3 is 0 Å². The van der Waals surface area contributed by atoms with Crippen LogP contribution in [0.5, 0.6) is 0 Å². The number of aryl methyl sites for hydroxylation is 1. The van der Waals surface area contributed by atoms with E-state index in [1.165, 1.54) is 35.7 Å². The van der Waals surface area contributed by atoms with Crippen LogP contribution in [0, 0.1) is 17.0 Å². The average molecular weight is 337 g/mol. The van der Waals surface area contributed by atoms with Gasteiger partial charge in [-0.2, -0.15) is 4.31 Å². The van der Waals surface area contributed by atoms with Gasteiger partial charge < -0.3 is 4.52 Å². The van der Waals surface area contributed by atoms with Crippen LogP contribution in [0.25, 0.3) is 0 Å². The third-order valence-corrected chi connectivity index (χ3v) is 5.88. The third kappa shape index (κ3) is 2.73. The highest BCUT2D eigenvalue weighted by Gasteiger charge is 2.37. The number of hydrogen-bond donors (Lipinski definition) is 0. The van der Waals surface area contributed by atoms with Gasteiger partial charge in [0.2, 0.25) is 10.0 Å². The van der Waals surface area contributed by atoms with Gasteiger partial charge in [-0.3, -0.25) is 10.1 Å². The number of nitrogens with zero attached hydrogens (tertiary/aromatic N) is 3. The number of hydrogen-bond acceptors (Lipinski definition) is 6. The molecule has 0 aliphatic carbocycles. The first-order chi connectivity index (χ1) is 10.9. The zero-order valence-electron chi connectivity index (χ0n) is 12.4. The van der Waals surface area contributed by atoms with E-state index in [0.717, 1.165) is 6.42 Å². The Morgan fingerprint density at radius 3 is 2.78 bits per heavy atom. The Bertz CT molecular complexity index is 832. The summed E-state index contributed by atoms with van der Waals surface area (Å²) in [5, 5.41) is 14.7. The maximum atomic E-state index is 12.9. The number of aromatic nitrogens is 1. The largest absolute Gasteiger partial charge is 0.364 e. The molecule has 2 heterocycles. The van der Waals surface area contributed by atoms with Crippen molar-refractivity contribution in [1.29, 1.82) is 0 Å². The monoisotopic (exact) mass is 337 g/mol. The van der Waals surface area contributed by atoms with E-state index in [1.807, 2.05) is 0 Å². The van der Waals surface area contributed by atoms with Crippen LogP contribution < -0.4 is 0 Å². The SMILES string of the molecule is Cc1cc(S(=O)(=O)N2CCC[C@H]2c2ccon2)ccc1[N+](=O)[O-]. The lowest BCUT2D eigenvalue weighted by Crippen LogP contribution is -2.30. The quantitative estimate of drug-likeness (QED) is 0.626. The van der Waals surface area contributed by atoms with Gasteiger partial charge in [-0.15, -0.1) is 0 Å². The molecule has 122 valence electrons. The summed E-state index contributed by atoms with van der Waals surface area (Å²) < 4.78 is 31.9. The Labute approximate surface area is 132 Å². The smallest absolute Gasteiger partial charge is 0.272 e. The number of sulfonamides is 1. The minimum absolute atomic E-state index is 0.0518. The van der Waals surface area contributed by atoms with Crippen molar-refractivity contribution in [3.05, 3.63) is 51.9 Å². The van der Waals surface area contributed by atoms with Gasteiger partial charge in [-0.1, -0.05) is 5.16 Å². The molecule has 2 aromatic rings. The molecule has 0 saturated carbocycles. The van der Waals surface area contributed by atoms with Gasteiger partial charge in [0, 0.05) is 24.2 Å². The summed E-state index contributed by atoms with van der Waals surface area (Å²) in [6.07, 6.45) is 2.80. The summed E-state index contributed by atoms with van der Waals surface area (Å²) in [6, 6.07) is 5.13. The molecule has 0 unspecified atom stereocenters. The summed E-state index contributed by atoms with van der Waals surface area (Å²) in [5.41, 5.74) is 0.788. The first-order valence-electron chi connectivity index (χ1n) is 7.08. The highest BCUT2D eigenvalue weighted by molar-refractivity contribution is 7.89. The van der Waals surface area contributed by atoms with Crippen molar-refractivity contribution < 1.29 is 17.9 Å². The second-order valence-corrected chi connectivity index (χ2v) is 7.29. The Hall–Kier alpha value is -2.26. The summed E-state index contributed by atoms with van der Waals surface area (Å²) in [4.78, 5) is 10.4. The molecule has 8 nitrogen and oxygen atoms in total. The highest BCUT2D eigenvalue weighted by atomic mass is 32.2. The van der Waals surface area contributed by atoms with E-state index in [2.05, 4.69) is 5.16 Å². The van der Waals surface area contributed by atoms with Crippen molar-refractivity contribution in [2.24, 2.45) is 0 Å². The number of nitro benzene ring substituents is 1. The fourth-order valence-electron chi connectivity index (χ4n) is 2.85. The zero-order chi connectivity index (χ0) is 16.6. The standard InChI is InChI=1S/C14H15N3O5S/c1-10-9-11(4-5-13(10)17(18)19)23(20,21)16-7-2-3-14(16)12-6-8-22-15-12/h4-6,8-9,14H,2-3,7H2,1H3/t14-/m0/s1. The first kappa shape index (κ1) is 15.6. The van der Waals surface area contributed by atoms with E-state index in [-0.39, 0.29) is 16.6 Å². The van der Waals surface area contributed by atoms with Crippen LogP contribution in [0.4, 0.5) is 5.69 Å². The van der Waals surface area contributed by atoms with E-state index >= 15 is 0 Å². The summed E-state index contributed by atoms with van der Waals surface area (Å²) in [5.74, 6) is 0. The van der Waals surface area contributed by atoms with Gasteiger partial charge in [0.05, 0.1) is 15.9 Å². The number of benzene rings is 1. The normalized spacial score (nSPS) is 19.1. The second kappa shape index (κ2) is 5.74. The van der Waals surface area contributed by atoms with Crippen molar-refractivity contribution in [3.63, 3.8) is 0 Å². The predicted molar refractivity (Wildman–Crippen MR) is 80.2 cm³/mol. The van der Waals surface area contributed by atoms with Crippen molar-refractivity contribution in [3.8, 4) is 0 Å². The number of nitro groups is 1. The molecule has 1 aromatic heterocycles. The maximum absolute atomic E-state index is 12.9. The molecule has 1 saturated heterocycles. The van der Waals surface area contributed by atoms with Crippen LogP contribution in [-0.2, 0) is 10.0 Å². The summed E-state index contributed by atoms with van der Waals surface area (Å²) in [7, 11) is -3.75. The molecule has 0 spiro atoms. The summed E-state index contributed by atoms with van der Waals surface area (Å²) in [6.45, 7) is 1.91. The Kier molecular flexibility index (Phi) is 3.90. The molecule has 3 rings (SSSR count). The molecule has 1 atom stereocenters. The Morgan fingerprint density at radius 2 is 2.17 bits per heavy atom. The van der Waals surface area contributed by atoms with E-state index < -0.39 is 14.9 Å². The molecule has 1 aliphatic heterocycles. The van der Waals surface area contributed by atoms with Crippen LogP contribution in [-0.4, -0.2) is 29.3 Å². The van der Waals surface area contributed by atoms with E-state index in [0.29, 0.717) is 24.2 Å². The lowest BCUT2D eigenvalue weighted by Gasteiger charge is -2.22. The van der Waals surface area contributed by atoms with Crippen molar-refractivity contribution >= 4 is 15.7 Å². The minimum Gasteiger partial charge on any atom is -0.364 e. The van der Waals surface area contributed by atoms with E-state index in [1.54, 1.807) is 6.07 Å². The lowest BCUT2D eigenvalue weighted by atomic mass is 10.2. The van der Waals surface area contributed by atoms with Gasteiger partial charge in [-0.25, -0.2) is 8.42 Å². The average Bonchev–Trinajstić information content (AvgIpc) is 3.17. The fraction of sp³-hybridized carbons (Fsp3) is 0.357. The van der Waals surface area contributed by atoms with Gasteiger partial charge in [0.15, 0.2) is 0 Å². The molecule has 0 N–H and O–H groups in total.